The second kappa shape index (κ2) is 9.03. The second-order valence-corrected chi connectivity index (χ2v) is 5.61. The van der Waals surface area contributed by atoms with Crippen molar-refractivity contribution in [3.05, 3.63) is 47.5 Å². The molecule has 0 aromatic heterocycles. The molecule has 2 atom stereocenters. The number of aliphatic imine (C=N–C) groups is 1. The van der Waals surface area contributed by atoms with Gasteiger partial charge in [0.15, 0.2) is 0 Å². The molecule has 0 fully saturated rings. The summed E-state index contributed by atoms with van der Waals surface area (Å²) in [5.74, 6) is 0.182. The van der Waals surface area contributed by atoms with Crippen molar-refractivity contribution in [1.29, 1.82) is 0 Å². The molecule has 1 aliphatic rings. The van der Waals surface area contributed by atoms with Crippen LogP contribution in [0.4, 0.5) is 0 Å². The summed E-state index contributed by atoms with van der Waals surface area (Å²) in [6.07, 6.45) is 12.9. The van der Waals surface area contributed by atoms with Crippen molar-refractivity contribution in [2.45, 2.75) is 40.5 Å². The Balaban J connectivity index is 2.66. The molecule has 0 aromatic rings. The van der Waals surface area contributed by atoms with E-state index in [1.54, 1.807) is 6.21 Å². The standard InChI is InChI=1S/C18H27N3O/c1-5-7-15-8-13(3)9-16(11-15)21-18(22)14(4)10-17(12-19)20-6-2/h5-9,12,14-15H,10-11,19H2,1-4H3,(H,21,22)/b7-5+,17-12-,20-6?/t14?,15-/m1/s1. The molecule has 3 N–H and O–H groups in total. The predicted molar refractivity (Wildman–Crippen MR) is 93.1 cm³/mol. The van der Waals surface area contributed by atoms with E-state index >= 15 is 0 Å². The quantitative estimate of drug-likeness (QED) is 0.583. The molecule has 0 aliphatic heterocycles. The Morgan fingerprint density at radius 2 is 2.27 bits per heavy atom. The Morgan fingerprint density at radius 3 is 2.86 bits per heavy atom. The Hall–Kier alpha value is -2.10. The molecule has 0 radical (unpaired) electrons. The molecule has 1 amide bonds. The summed E-state index contributed by atoms with van der Waals surface area (Å²) in [4.78, 5) is 16.5. The van der Waals surface area contributed by atoms with Gasteiger partial charge in [0.2, 0.25) is 5.91 Å². The maximum Gasteiger partial charge on any atom is 0.227 e. The van der Waals surface area contributed by atoms with Crippen LogP contribution in [0.25, 0.3) is 0 Å². The van der Waals surface area contributed by atoms with E-state index in [2.05, 4.69) is 29.4 Å². The number of carbonyl (C=O) groups is 1. The van der Waals surface area contributed by atoms with Crippen LogP contribution in [-0.2, 0) is 4.79 Å². The molecule has 1 unspecified atom stereocenters. The van der Waals surface area contributed by atoms with E-state index < -0.39 is 0 Å². The fourth-order valence-corrected chi connectivity index (χ4v) is 2.51. The van der Waals surface area contributed by atoms with Crippen LogP contribution < -0.4 is 11.1 Å². The number of nitrogens with two attached hydrogens (primary N) is 1. The van der Waals surface area contributed by atoms with Crippen molar-refractivity contribution in [1.82, 2.24) is 5.32 Å². The zero-order valence-corrected chi connectivity index (χ0v) is 14.0. The number of rotatable bonds is 6. The number of hydrogen-bond acceptors (Lipinski definition) is 3. The number of carbonyl (C=O) groups excluding carboxylic acids is 1. The molecule has 0 aromatic carbocycles. The van der Waals surface area contributed by atoms with E-state index in [0.717, 1.165) is 17.8 Å². The van der Waals surface area contributed by atoms with Gasteiger partial charge in [-0.15, -0.1) is 0 Å². The van der Waals surface area contributed by atoms with Crippen LogP contribution in [0.2, 0.25) is 0 Å². The molecule has 120 valence electrons. The fourth-order valence-electron chi connectivity index (χ4n) is 2.51. The number of nitrogens with zero attached hydrogens (tertiary/aromatic N) is 1. The van der Waals surface area contributed by atoms with E-state index in [0.29, 0.717) is 12.3 Å². The summed E-state index contributed by atoms with van der Waals surface area (Å²) >= 11 is 0. The Kier molecular flexibility index (Phi) is 7.37. The van der Waals surface area contributed by atoms with E-state index in [4.69, 9.17) is 5.73 Å². The first-order valence-electron chi connectivity index (χ1n) is 7.72. The van der Waals surface area contributed by atoms with Gasteiger partial charge < -0.3 is 11.1 Å². The lowest BCUT2D eigenvalue weighted by molar-refractivity contribution is -0.123. The highest BCUT2D eigenvalue weighted by Gasteiger charge is 2.18. The lowest BCUT2D eigenvalue weighted by Crippen LogP contribution is -2.30. The number of nitrogens with one attached hydrogen (secondary N) is 1. The molecular weight excluding hydrogens is 274 g/mol. The lowest BCUT2D eigenvalue weighted by atomic mass is 9.93. The average molecular weight is 301 g/mol. The first-order chi connectivity index (χ1) is 10.5. The summed E-state index contributed by atoms with van der Waals surface area (Å²) in [7, 11) is 0. The molecule has 22 heavy (non-hydrogen) atoms. The van der Waals surface area contributed by atoms with Gasteiger partial charge in [-0.2, -0.15) is 0 Å². The Morgan fingerprint density at radius 1 is 1.55 bits per heavy atom. The zero-order chi connectivity index (χ0) is 16.5. The molecule has 1 rings (SSSR count). The summed E-state index contributed by atoms with van der Waals surface area (Å²) in [6.45, 7) is 7.78. The molecule has 4 nitrogen and oxygen atoms in total. The van der Waals surface area contributed by atoms with Crippen LogP contribution in [0, 0.1) is 11.8 Å². The SMILES string of the molecule is CC=N/C(=C\N)CC(C)C(=O)NC1=CC(C)=C[C@@H](/C=C/C)C1. The first-order valence-corrected chi connectivity index (χ1v) is 7.72. The monoisotopic (exact) mass is 301 g/mol. The van der Waals surface area contributed by atoms with Crippen LogP contribution in [0.1, 0.15) is 40.5 Å². The number of amides is 1. The van der Waals surface area contributed by atoms with Crippen LogP contribution in [0.3, 0.4) is 0 Å². The third-order valence-corrected chi connectivity index (χ3v) is 3.51. The van der Waals surface area contributed by atoms with Gasteiger partial charge in [-0.3, -0.25) is 9.79 Å². The van der Waals surface area contributed by atoms with Gasteiger partial charge in [0.05, 0.1) is 5.70 Å². The Bertz CT molecular complexity index is 539. The highest BCUT2D eigenvalue weighted by molar-refractivity contribution is 5.80. The third kappa shape index (κ3) is 5.72. The first kappa shape index (κ1) is 18.0. The normalized spacial score (nSPS) is 20.9. The zero-order valence-electron chi connectivity index (χ0n) is 14.0. The molecule has 0 spiro atoms. The van der Waals surface area contributed by atoms with Gasteiger partial charge in [0.1, 0.15) is 0 Å². The van der Waals surface area contributed by atoms with Crippen molar-refractivity contribution in [2.24, 2.45) is 22.6 Å². The van der Waals surface area contributed by atoms with Crippen molar-refractivity contribution in [2.75, 3.05) is 0 Å². The minimum atomic E-state index is -0.175. The van der Waals surface area contributed by atoms with Gasteiger partial charge in [-0.1, -0.05) is 30.7 Å². The van der Waals surface area contributed by atoms with Crippen LogP contribution >= 0.6 is 0 Å². The maximum absolute atomic E-state index is 12.3. The molecule has 0 saturated carbocycles. The minimum Gasteiger partial charge on any atom is -0.403 e. The smallest absolute Gasteiger partial charge is 0.227 e. The van der Waals surface area contributed by atoms with Crippen LogP contribution in [-0.4, -0.2) is 12.1 Å². The average Bonchev–Trinajstić information content (AvgIpc) is 2.46. The second-order valence-electron chi connectivity index (χ2n) is 5.61. The van der Waals surface area contributed by atoms with E-state index in [9.17, 15) is 4.79 Å². The van der Waals surface area contributed by atoms with E-state index in [1.807, 2.05) is 32.9 Å². The predicted octanol–water partition coefficient (Wildman–Crippen LogP) is 3.45. The van der Waals surface area contributed by atoms with Gasteiger partial charge >= 0.3 is 0 Å². The van der Waals surface area contributed by atoms with Crippen molar-refractivity contribution >= 4 is 12.1 Å². The topological polar surface area (TPSA) is 67.5 Å². The van der Waals surface area contributed by atoms with Gasteiger partial charge in [0.25, 0.3) is 0 Å². The molecule has 1 aliphatic carbocycles. The van der Waals surface area contributed by atoms with Crippen molar-refractivity contribution < 1.29 is 4.79 Å². The van der Waals surface area contributed by atoms with Gasteiger partial charge in [-0.25, -0.2) is 0 Å². The third-order valence-electron chi connectivity index (χ3n) is 3.51. The number of allylic oxidation sites excluding steroid dienone is 7. The van der Waals surface area contributed by atoms with Crippen LogP contribution in [0.5, 0.6) is 0 Å². The molecular formula is C18H27N3O. The fraction of sp³-hybridized carbons (Fsp3) is 0.444. The summed E-state index contributed by atoms with van der Waals surface area (Å²) < 4.78 is 0. The summed E-state index contributed by atoms with van der Waals surface area (Å²) in [6, 6.07) is 0. The maximum atomic E-state index is 12.3. The van der Waals surface area contributed by atoms with Crippen LogP contribution in [0.15, 0.2) is 52.5 Å². The number of hydrogen-bond donors (Lipinski definition) is 2. The molecule has 0 heterocycles. The molecule has 4 heteroatoms. The van der Waals surface area contributed by atoms with E-state index in [1.165, 1.54) is 11.8 Å². The van der Waals surface area contributed by atoms with E-state index in [-0.39, 0.29) is 11.8 Å². The highest BCUT2D eigenvalue weighted by atomic mass is 16.1. The minimum absolute atomic E-state index is 0.00540. The molecule has 0 bridgehead atoms. The Labute approximate surface area is 133 Å². The van der Waals surface area contributed by atoms with Gasteiger partial charge in [-0.05, 0) is 33.3 Å². The lowest BCUT2D eigenvalue weighted by Gasteiger charge is -2.20. The van der Waals surface area contributed by atoms with Gasteiger partial charge in [0, 0.05) is 36.4 Å². The summed E-state index contributed by atoms with van der Waals surface area (Å²) in [5.41, 5.74) is 8.40. The molecule has 0 saturated heterocycles. The summed E-state index contributed by atoms with van der Waals surface area (Å²) in [5, 5.41) is 3.04. The van der Waals surface area contributed by atoms with Crippen molar-refractivity contribution in [3.8, 4) is 0 Å². The highest BCUT2D eigenvalue weighted by Crippen LogP contribution is 2.23. The largest absolute Gasteiger partial charge is 0.403 e. The van der Waals surface area contributed by atoms with Crippen molar-refractivity contribution in [3.63, 3.8) is 0 Å².